The van der Waals surface area contributed by atoms with Crippen molar-refractivity contribution < 1.29 is 14.5 Å². The first-order chi connectivity index (χ1) is 9.33. The van der Waals surface area contributed by atoms with Crippen LogP contribution < -0.4 is 5.32 Å². The molecule has 8 nitrogen and oxygen atoms in total. The van der Waals surface area contributed by atoms with Gasteiger partial charge < -0.3 is 5.32 Å². The largest absolute Gasteiger partial charge is 0.325 e. The third-order valence-corrected chi connectivity index (χ3v) is 3.16. The van der Waals surface area contributed by atoms with E-state index < -0.39 is 28.4 Å². The number of amides is 3. The third kappa shape index (κ3) is 2.44. The summed E-state index contributed by atoms with van der Waals surface area (Å²) >= 11 is 0. The number of rotatable bonds is 3. The minimum absolute atomic E-state index is 0.0202. The average Bonchev–Trinajstić information content (AvgIpc) is 2.34. The first-order valence-corrected chi connectivity index (χ1v) is 5.99. The highest BCUT2D eigenvalue weighted by Gasteiger charge is 2.53. The van der Waals surface area contributed by atoms with Crippen molar-refractivity contribution in [2.45, 2.75) is 32.0 Å². The van der Waals surface area contributed by atoms with Gasteiger partial charge >= 0.3 is 18.0 Å². The Bertz CT molecular complexity index is 558. The van der Waals surface area contributed by atoms with Gasteiger partial charge in [0.05, 0.1) is 6.54 Å². The van der Waals surface area contributed by atoms with Crippen LogP contribution in [0.2, 0.25) is 0 Å². The summed E-state index contributed by atoms with van der Waals surface area (Å²) in [6, 6.07) is 1.15. The van der Waals surface area contributed by atoms with Gasteiger partial charge in [0.2, 0.25) is 0 Å². The maximum absolute atomic E-state index is 12.2. The molecule has 1 fully saturated rings. The summed E-state index contributed by atoms with van der Waals surface area (Å²) in [5.41, 5.74) is -0.544. The van der Waals surface area contributed by atoms with Crippen LogP contribution >= 0.6 is 0 Å². The second kappa shape index (κ2) is 4.87. The van der Waals surface area contributed by atoms with Crippen LogP contribution in [0.15, 0.2) is 24.5 Å². The third-order valence-electron chi connectivity index (χ3n) is 3.16. The van der Waals surface area contributed by atoms with Gasteiger partial charge in [-0.15, -0.1) is 0 Å². The minimum atomic E-state index is -1.50. The van der Waals surface area contributed by atoms with E-state index in [1.165, 1.54) is 26.2 Å². The first-order valence-electron chi connectivity index (χ1n) is 5.99. The predicted molar refractivity (Wildman–Crippen MR) is 68.2 cm³/mol. The molecular formula is C12H14N4O4. The summed E-state index contributed by atoms with van der Waals surface area (Å²) in [7, 11) is 0. The molecule has 2 heterocycles. The Labute approximate surface area is 114 Å². The number of urea groups is 1. The quantitative estimate of drug-likeness (QED) is 0.642. The number of nitro groups is 1. The second-order valence-corrected chi connectivity index (χ2v) is 5.12. The van der Waals surface area contributed by atoms with Gasteiger partial charge in [-0.3, -0.25) is 24.8 Å². The highest BCUT2D eigenvalue weighted by molar-refractivity contribution is 6.00. The summed E-state index contributed by atoms with van der Waals surface area (Å²) in [6.07, 6.45) is 3.05. The number of imide groups is 1. The van der Waals surface area contributed by atoms with Crippen LogP contribution in [0.4, 0.5) is 4.79 Å². The van der Waals surface area contributed by atoms with Gasteiger partial charge in [-0.05, 0) is 31.5 Å². The summed E-state index contributed by atoms with van der Waals surface area (Å²) < 4.78 is 0. The van der Waals surface area contributed by atoms with Gasteiger partial charge in [-0.25, -0.2) is 4.79 Å². The average molecular weight is 278 g/mol. The van der Waals surface area contributed by atoms with Crippen LogP contribution in [0.3, 0.4) is 0 Å². The lowest BCUT2D eigenvalue weighted by Crippen LogP contribution is -2.69. The molecule has 1 unspecified atom stereocenters. The van der Waals surface area contributed by atoms with E-state index in [1.807, 2.05) is 0 Å². The zero-order valence-electron chi connectivity index (χ0n) is 11.1. The lowest BCUT2D eigenvalue weighted by atomic mass is 9.91. The molecule has 3 amide bonds. The zero-order valence-corrected chi connectivity index (χ0v) is 11.1. The number of nitrogens with one attached hydrogen (secondary N) is 1. The van der Waals surface area contributed by atoms with Gasteiger partial charge in [0.25, 0.3) is 0 Å². The van der Waals surface area contributed by atoms with Crippen LogP contribution in [0.5, 0.6) is 0 Å². The predicted octanol–water partition coefficient (Wildman–Crippen LogP) is 0.557. The van der Waals surface area contributed by atoms with E-state index in [-0.39, 0.29) is 6.54 Å². The molecule has 0 aromatic carbocycles. The Hall–Kier alpha value is -2.51. The molecule has 0 aliphatic carbocycles. The molecule has 1 atom stereocenters. The number of pyridine rings is 1. The van der Waals surface area contributed by atoms with Crippen molar-refractivity contribution in [3.8, 4) is 0 Å². The van der Waals surface area contributed by atoms with Crippen LogP contribution in [-0.2, 0) is 11.3 Å². The molecule has 2 rings (SSSR count). The van der Waals surface area contributed by atoms with E-state index in [4.69, 9.17) is 0 Å². The van der Waals surface area contributed by atoms with Crippen LogP contribution in [0.25, 0.3) is 0 Å². The number of aromatic nitrogens is 1. The number of nitrogens with zero attached hydrogens (tertiary/aromatic N) is 3. The number of hydrogen-bond donors (Lipinski definition) is 1. The molecule has 0 radical (unpaired) electrons. The summed E-state index contributed by atoms with van der Waals surface area (Å²) in [6.45, 7) is 2.90. The minimum Gasteiger partial charge on any atom is -0.325 e. The monoisotopic (exact) mass is 278 g/mol. The zero-order chi connectivity index (χ0) is 14.9. The molecule has 1 aromatic rings. The molecule has 20 heavy (non-hydrogen) atoms. The fraction of sp³-hybridized carbons (Fsp3) is 0.417. The van der Waals surface area contributed by atoms with Crippen molar-refractivity contribution in [3.05, 3.63) is 40.2 Å². The van der Waals surface area contributed by atoms with E-state index in [1.54, 1.807) is 12.1 Å². The Kier molecular flexibility index (Phi) is 3.39. The van der Waals surface area contributed by atoms with E-state index in [2.05, 4.69) is 10.3 Å². The van der Waals surface area contributed by atoms with E-state index in [0.717, 1.165) is 4.90 Å². The molecule has 0 saturated carbocycles. The Morgan fingerprint density at radius 2 is 2.00 bits per heavy atom. The lowest BCUT2D eigenvalue weighted by molar-refractivity contribution is -0.520. The SMILES string of the molecule is CC1(C)NC(=O)N(Cc2ccncc2)C(=O)C1[N+](=O)[O-]. The number of hydrogen-bond acceptors (Lipinski definition) is 5. The smallest absolute Gasteiger partial charge is 0.325 e. The van der Waals surface area contributed by atoms with Gasteiger partial charge in [0, 0.05) is 17.3 Å². The molecule has 106 valence electrons. The highest BCUT2D eigenvalue weighted by atomic mass is 16.6. The van der Waals surface area contributed by atoms with Crippen molar-refractivity contribution in [1.29, 1.82) is 0 Å². The highest BCUT2D eigenvalue weighted by Crippen LogP contribution is 2.22. The molecule has 0 spiro atoms. The van der Waals surface area contributed by atoms with Crippen molar-refractivity contribution >= 4 is 11.9 Å². The molecule has 0 bridgehead atoms. The van der Waals surface area contributed by atoms with Crippen LogP contribution in [0.1, 0.15) is 19.4 Å². The lowest BCUT2D eigenvalue weighted by Gasteiger charge is -2.37. The maximum atomic E-state index is 12.2. The molecule has 1 N–H and O–H groups in total. The first kappa shape index (κ1) is 13.9. The Balaban J connectivity index is 2.28. The van der Waals surface area contributed by atoms with Crippen molar-refractivity contribution in [1.82, 2.24) is 15.2 Å². The summed E-state index contributed by atoms with van der Waals surface area (Å²) in [5, 5.41) is 13.6. The van der Waals surface area contributed by atoms with Gasteiger partial charge in [0.15, 0.2) is 0 Å². The molecular weight excluding hydrogens is 264 g/mol. The standard InChI is InChI=1S/C12H14N4O4/c1-12(2)9(16(19)20)10(17)15(11(18)14-12)7-8-3-5-13-6-4-8/h3-6,9H,7H2,1-2H3,(H,14,18). The van der Waals surface area contributed by atoms with E-state index >= 15 is 0 Å². The van der Waals surface area contributed by atoms with Gasteiger partial charge in [-0.2, -0.15) is 0 Å². The normalized spacial score (nSPS) is 21.5. The van der Waals surface area contributed by atoms with Crippen molar-refractivity contribution in [2.75, 3.05) is 0 Å². The fourth-order valence-electron chi connectivity index (χ4n) is 2.14. The van der Waals surface area contributed by atoms with Gasteiger partial charge in [0.1, 0.15) is 5.54 Å². The second-order valence-electron chi connectivity index (χ2n) is 5.12. The maximum Gasteiger partial charge on any atom is 0.325 e. The summed E-state index contributed by atoms with van der Waals surface area (Å²) in [5.74, 6) is -0.805. The molecule has 8 heteroatoms. The topological polar surface area (TPSA) is 105 Å². The van der Waals surface area contributed by atoms with E-state index in [0.29, 0.717) is 5.56 Å². The Morgan fingerprint density at radius 1 is 1.40 bits per heavy atom. The van der Waals surface area contributed by atoms with Crippen LogP contribution in [0, 0.1) is 10.1 Å². The number of carbonyl (C=O) groups is 2. The van der Waals surface area contributed by atoms with Crippen molar-refractivity contribution in [2.24, 2.45) is 0 Å². The molecule has 1 aromatic heterocycles. The van der Waals surface area contributed by atoms with Crippen LogP contribution in [-0.4, -0.2) is 38.3 Å². The molecule has 1 aliphatic heterocycles. The Morgan fingerprint density at radius 3 is 2.55 bits per heavy atom. The van der Waals surface area contributed by atoms with Crippen molar-refractivity contribution in [3.63, 3.8) is 0 Å². The fourth-order valence-corrected chi connectivity index (χ4v) is 2.14. The number of carbonyl (C=O) groups excluding carboxylic acids is 2. The van der Waals surface area contributed by atoms with E-state index in [9.17, 15) is 19.7 Å². The molecule has 1 aliphatic rings. The molecule has 1 saturated heterocycles. The van der Waals surface area contributed by atoms with Gasteiger partial charge in [-0.1, -0.05) is 0 Å². The summed E-state index contributed by atoms with van der Waals surface area (Å²) in [4.78, 5) is 39.3.